The molecule has 1 radical (unpaired) electrons. The Morgan fingerprint density at radius 3 is 1.11 bits per heavy atom. The third-order valence-electron chi connectivity index (χ3n) is 0.271. The van der Waals surface area contributed by atoms with E-state index in [1.165, 1.54) is 0 Å². The number of hydrogen-bond donors (Lipinski definition) is 0. The van der Waals surface area contributed by atoms with E-state index >= 15 is 0 Å². The fourth-order valence-corrected chi connectivity index (χ4v) is 2.21. The smallest absolute Gasteiger partial charge is 0.210 e. The molecule has 0 spiro atoms. The second-order valence-corrected chi connectivity index (χ2v) is 5.07. The number of rotatable bonds is 2. The quantitative estimate of drug-likeness (QED) is 0.508. The largest absolute Gasteiger partial charge is 0.239 e. The molecule has 0 aliphatic carbocycles. The van der Waals surface area contributed by atoms with Crippen LogP contribution in [0.5, 0.6) is 0 Å². The molecule has 0 aromatic carbocycles. The lowest BCUT2D eigenvalue weighted by Crippen LogP contribution is -2.20. The lowest BCUT2D eigenvalue weighted by atomic mass is 12.0. The first-order valence-corrected chi connectivity index (χ1v) is 5.54. The van der Waals surface area contributed by atoms with Crippen LogP contribution < -0.4 is 4.13 Å². The van der Waals surface area contributed by atoms with E-state index < -0.39 is 20.0 Å². The normalized spacial score (nSPS) is 13.6. The molecule has 0 aliphatic heterocycles. The fraction of sp³-hybridized carbons (Fsp3) is 1.00. The van der Waals surface area contributed by atoms with Crippen molar-refractivity contribution < 1.29 is 16.8 Å². The molecule has 55 valence electrons. The molecule has 5 nitrogen and oxygen atoms in total. The van der Waals surface area contributed by atoms with Gasteiger partial charge in [0, 0.05) is 4.13 Å². The molecule has 0 saturated heterocycles. The summed E-state index contributed by atoms with van der Waals surface area (Å²) in [6, 6.07) is 0. The molecule has 0 aliphatic rings. The summed E-state index contributed by atoms with van der Waals surface area (Å²) in [6.45, 7) is 0. The molecule has 0 saturated carbocycles. The van der Waals surface area contributed by atoms with E-state index in [0.717, 1.165) is 0 Å². The van der Waals surface area contributed by atoms with Crippen molar-refractivity contribution in [1.29, 1.82) is 0 Å². The molecular formula is C2H6NO4S2. The van der Waals surface area contributed by atoms with Crippen LogP contribution in [0.15, 0.2) is 0 Å². The van der Waals surface area contributed by atoms with Gasteiger partial charge in [-0.3, -0.25) is 0 Å². The first-order chi connectivity index (χ1) is 3.71. The molecule has 0 unspecified atom stereocenters. The van der Waals surface area contributed by atoms with E-state index in [0.29, 0.717) is 12.5 Å². The van der Waals surface area contributed by atoms with Gasteiger partial charge < -0.3 is 0 Å². The summed E-state index contributed by atoms with van der Waals surface area (Å²) in [7, 11) is -7.49. The summed E-state index contributed by atoms with van der Waals surface area (Å²) in [5.74, 6) is 0. The summed E-state index contributed by atoms with van der Waals surface area (Å²) in [5.41, 5.74) is 0. The van der Waals surface area contributed by atoms with Gasteiger partial charge >= 0.3 is 0 Å². The van der Waals surface area contributed by atoms with Crippen LogP contribution in [-0.2, 0) is 20.0 Å². The zero-order valence-electron chi connectivity index (χ0n) is 4.90. The van der Waals surface area contributed by atoms with Gasteiger partial charge in [0.25, 0.3) is 0 Å². The van der Waals surface area contributed by atoms with Crippen LogP contribution in [0.25, 0.3) is 0 Å². The molecule has 7 heteroatoms. The maximum atomic E-state index is 10.1. The Morgan fingerprint density at radius 1 is 0.889 bits per heavy atom. The predicted octanol–water partition coefficient (Wildman–Crippen LogP) is -1.49. The topological polar surface area (TPSA) is 82.4 Å². The molecule has 0 rings (SSSR count). The molecule has 0 aromatic rings. The van der Waals surface area contributed by atoms with Crippen molar-refractivity contribution in [3.63, 3.8) is 0 Å². The summed E-state index contributed by atoms with van der Waals surface area (Å²) >= 11 is 0. The van der Waals surface area contributed by atoms with Crippen LogP contribution in [0.4, 0.5) is 0 Å². The van der Waals surface area contributed by atoms with E-state index in [2.05, 4.69) is 4.13 Å². The minimum Gasteiger partial charge on any atom is -0.210 e. The maximum absolute atomic E-state index is 10.1. The Balaban J connectivity index is 4.46. The summed E-state index contributed by atoms with van der Waals surface area (Å²) in [5, 5.41) is 0. The standard InChI is InChI=1S/C2H6NO4S2/c1-8(4,5)3-9(2,6)7/h1-2H3. The van der Waals surface area contributed by atoms with Crippen LogP contribution in [0.1, 0.15) is 0 Å². The highest BCUT2D eigenvalue weighted by Gasteiger charge is 2.11. The summed E-state index contributed by atoms with van der Waals surface area (Å²) in [6.07, 6.45) is 1.43. The van der Waals surface area contributed by atoms with E-state index in [-0.39, 0.29) is 0 Å². The van der Waals surface area contributed by atoms with Crippen LogP contribution >= 0.6 is 0 Å². The SMILES string of the molecule is CS(=O)(=O)[N]S(C)(=O)=O. The van der Waals surface area contributed by atoms with Crippen LogP contribution in [-0.4, -0.2) is 29.3 Å². The number of hydrogen-bond acceptors (Lipinski definition) is 4. The van der Waals surface area contributed by atoms with Gasteiger partial charge in [-0.15, -0.1) is 0 Å². The fourth-order valence-electron chi connectivity index (χ4n) is 0.246. The van der Waals surface area contributed by atoms with E-state index in [9.17, 15) is 16.8 Å². The van der Waals surface area contributed by atoms with Gasteiger partial charge in [-0.2, -0.15) is 0 Å². The van der Waals surface area contributed by atoms with Gasteiger partial charge in [0.2, 0.25) is 20.0 Å². The Bertz CT molecular complexity index is 242. The average molecular weight is 172 g/mol. The van der Waals surface area contributed by atoms with Gasteiger partial charge in [-0.05, 0) is 0 Å². The Hall–Kier alpha value is -0.140. The van der Waals surface area contributed by atoms with Gasteiger partial charge in [-0.25, -0.2) is 16.8 Å². The summed E-state index contributed by atoms with van der Waals surface area (Å²) < 4.78 is 42.9. The maximum Gasteiger partial charge on any atom is 0.239 e. The first-order valence-electron chi connectivity index (χ1n) is 1.85. The van der Waals surface area contributed by atoms with Gasteiger partial charge in [0.15, 0.2) is 0 Å². The summed E-state index contributed by atoms with van der Waals surface area (Å²) in [4.78, 5) is 0. The molecule has 0 bridgehead atoms. The van der Waals surface area contributed by atoms with Crippen LogP contribution in [0.2, 0.25) is 0 Å². The van der Waals surface area contributed by atoms with Crippen molar-refractivity contribution in [2.24, 2.45) is 0 Å². The Kier molecular flexibility index (Phi) is 2.20. The van der Waals surface area contributed by atoms with Crippen LogP contribution in [0.3, 0.4) is 0 Å². The minimum absolute atomic E-state index is 0.716. The predicted molar refractivity (Wildman–Crippen MR) is 31.8 cm³/mol. The Labute approximate surface area is 54.2 Å². The molecule has 0 aromatic heterocycles. The van der Waals surface area contributed by atoms with Crippen molar-refractivity contribution in [2.45, 2.75) is 0 Å². The van der Waals surface area contributed by atoms with Crippen molar-refractivity contribution >= 4 is 20.0 Å². The lowest BCUT2D eigenvalue weighted by molar-refractivity contribution is 0.582. The number of nitrogens with zero attached hydrogens (tertiary/aromatic N) is 1. The van der Waals surface area contributed by atoms with Crippen molar-refractivity contribution in [3.05, 3.63) is 0 Å². The highest BCUT2D eigenvalue weighted by atomic mass is 32.3. The zero-order chi connectivity index (χ0) is 7.71. The number of sulfonamides is 2. The molecule has 9 heavy (non-hydrogen) atoms. The molecule has 0 fully saturated rings. The van der Waals surface area contributed by atoms with Gasteiger partial charge in [-0.1, -0.05) is 0 Å². The van der Waals surface area contributed by atoms with Crippen molar-refractivity contribution in [2.75, 3.05) is 12.5 Å². The minimum atomic E-state index is -3.74. The second kappa shape index (κ2) is 2.24. The van der Waals surface area contributed by atoms with Crippen LogP contribution in [0, 0.1) is 0 Å². The molecular weight excluding hydrogens is 166 g/mol. The molecule has 0 amide bonds. The molecule has 0 N–H and O–H groups in total. The highest BCUT2D eigenvalue weighted by Crippen LogP contribution is 1.83. The molecule has 0 heterocycles. The zero-order valence-corrected chi connectivity index (χ0v) is 6.53. The van der Waals surface area contributed by atoms with Gasteiger partial charge in [0.05, 0.1) is 12.5 Å². The second-order valence-electron chi connectivity index (χ2n) is 1.54. The van der Waals surface area contributed by atoms with Crippen molar-refractivity contribution in [1.82, 2.24) is 4.13 Å². The van der Waals surface area contributed by atoms with E-state index in [1.807, 2.05) is 0 Å². The molecule has 0 atom stereocenters. The lowest BCUT2D eigenvalue weighted by Gasteiger charge is -1.90. The third kappa shape index (κ3) is 7.86. The highest BCUT2D eigenvalue weighted by molar-refractivity contribution is 8.03. The average Bonchev–Trinajstić information content (AvgIpc) is 1.14. The Morgan fingerprint density at radius 2 is 1.11 bits per heavy atom. The van der Waals surface area contributed by atoms with Gasteiger partial charge in [0.1, 0.15) is 0 Å². The first kappa shape index (κ1) is 8.86. The van der Waals surface area contributed by atoms with E-state index in [4.69, 9.17) is 0 Å². The third-order valence-corrected chi connectivity index (χ3v) is 2.44. The van der Waals surface area contributed by atoms with E-state index in [1.54, 1.807) is 0 Å². The van der Waals surface area contributed by atoms with Crippen molar-refractivity contribution in [3.8, 4) is 0 Å². The monoisotopic (exact) mass is 172 g/mol.